The lowest BCUT2D eigenvalue weighted by Gasteiger charge is -2.50. The molecular formula is C24H27FN4O2S. The third-order valence-electron chi connectivity index (χ3n) is 6.51. The molecule has 1 amide bonds. The van der Waals surface area contributed by atoms with Gasteiger partial charge in [-0.2, -0.15) is 5.10 Å². The lowest BCUT2D eigenvalue weighted by Crippen LogP contribution is -2.66. The van der Waals surface area contributed by atoms with E-state index in [0.29, 0.717) is 6.54 Å². The van der Waals surface area contributed by atoms with Crippen LogP contribution in [0.4, 0.5) is 4.39 Å². The fourth-order valence-electron chi connectivity index (χ4n) is 4.91. The molecule has 1 aliphatic carbocycles. The number of amides is 1. The number of rotatable bonds is 5. The molecule has 0 aromatic heterocycles. The molecule has 2 aromatic carbocycles. The fourth-order valence-corrected chi connectivity index (χ4v) is 5.89. The van der Waals surface area contributed by atoms with Crippen molar-refractivity contribution in [2.75, 3.05) is 7.11 Å². The van der Waals surface area contributed by atoms with Crippen LogP contribution >= 0.6 is 11.8 Å². The summed E-state index contributed by atoms with van der Waals surface area (Å²) in [5, 5.41) is 5.56. The number of methoxy groups -OCH3 is 1. The van der Waals surface area contributed by atoms with Gasteiger partial charge in [0.15, 0.2) is 11.5 Å². The van der Waals surface area contributed by atoms with Crippen LogP contribution in [-0.2, 0) is 17.1 Å². The van der Waals surface area contributed by atoms with Gasteiger partial charge in [-0.1, -0.05) is 48.9 Å². The Morgan fingerprint density at radius 3 is 2.78 bits per heavy atom. The van der Waals surface area contributed by atoms with Crippen molar-refractivity contribution < 1.29 is 13.9 Å². The lowest BCUT2D eigenvalue weighted by molar-refractivity contribution is -0.156. The average molecular weight is 455 g/mol. The summed E-state index contributed by atoms with van der Waals surface area (Å²) in [5.74, 6) is 1.48. The molecule has 1 saturated carbocycles. The molecule has 6 nitrogen and oxygen atoms in total. The van der Waals surface area contributed by atoms with E-state index in [-0.39, 0.29) is 30.0 Å². The topological polar surface area (TPSA) is 57.2 Å². The number of fused-ring (bicyclic) bond motifs is 3. The number of hydrogen-bond acceptors (Lipinski definition) is 6. The molecular weight excluding hydrogens is 427 g/mol. The van der Waals surface area contributed by atoms with Gasteiger partial charge in [-0.15, -0.1) is 0 Å². The van der Waals surface area contributed by atoms with Crippen molar-refractivity contribution in [2.45, 2.75) is 50.3 Å². The van der Waals surface area contributed by atoms with Crippen LogP contribution in [-0.4, -0.2) is 40.3 Å². The van der Waals surface area contributed by atoms with Gasteiger partial charge in [0.1, 0.15) is 11.6 Å². The molecule has 3 unspecified atom stereocenters. The largest absolute Gasteiger partial charge is 0.497 e. The first-order chi connectivity index (χ1) is 15.6. The first-order valence-corrected chi connectivity index (χ1v) is 12.0. The Labute approximate surface area is 191 Å². The fraction of sp³-hybridized carbons (Fsp3) is 0.417. The molecule has 1 saturated heterocycles. The van der Waals surface area contributed by atoms with E-state index in [1.54, 1.807) is 31.0 Å². The van der Waals surface area contributed by atoms with E-state index in [1.807, 2.05) is 23.1 Å². The Morgan fingerprint density at radius 2 is 1.97 bits per heavy atom. The normalized spacial score (nSPS) is 24.5. The van der Waals surface area contributed by atoms with Gasteiger partial charge in [-0.3, -0.25) is 15.1 Å². The molecule has 1 N–H and O–H groups in total. The second-order valence-corrected chi connectivity index (χ2v) is 9.44. The van der Waals surface area contributed by atoms with Crippen molar-refractivity contribution in [1.82, 2.24) is 15.2 Å². The van der Waals surface area contributed by atoms with Gasteiger partial charge in [0, 0.05) is 18.3 Å². The second kappa shape index (κ2) is 9.02. The predicted molar refractivity (Wildman–Crippen MR) is 123 cm³/mol. The monoisotopic (exact) mass is 454 g/mol. The summed E-state index contributed by atoms with van der Waals surface area (Å²) in [4.78, 5) is 17.6. The highest BCUT2D eigenvalue weighted by molar-refractivity contribution is 8.13. The van der Waals surface area contributed by atoms with E-state index in [0.717, 1.165) is 53.5 Å². The molecule has 0 spiro atoms. The molecule has 2 fully saturated rings. The molecule has 8 heteroatoms. The lowest BCUT2D eigenvalue weighted by atomic mass is 9.81. The van der Waals surface area contributed by atoms with E-state index in [2.05, 4.69) is 21.5 Å². The predicted octanol–water partition coefficient (Wildman–Crippen LogP) is 4.13. The number of nitrogens with zero attached hydrogens (tertiary/aromatic N) is 3. The summed E-state index contributed by atoms with van der Waals surface area (Å²) in [6.45, 7) is 0.430. The van der Waals surface area contributed by atoms with Crippen LogP contribution < -0.4 is 10.2 Å². The number of ether oxygens (including phenoxy) is 1. The van der Waals surface area contributed by atoms with Gasteiger partial charge in [0.2, 0.25) is 5.91 Å². The van der Waals surface area contributed by atoms with Crippen LogP contribution in [0.2, 0.25) is 0 Å². The van der Waals surface area contributed by atoms with Crippen molar-refractivity contribution in [1.29, 1.82) is 0 Å². The molecule has 2 aliphatic heterocycles. The van der Waals surface area contributed by atoms with E-state index in [9.17, 15) is 9.18 Å². The molecule has 3 atom stereocenters. The maximum atomic E-state index is 13.4. The molecule has 32 heavy (non-hydrogen) atoms. The maximum Gasteiger partial charge on any atom is 0.231 e. The quantitative estimate of drug-likeness (QED) is 0.736. The van der Waals surface area contributed by atoms with Crippen molar-refractivity contribution >= 4 is 22.8 Å². The van der Waals surface area contributed by atoms with Gasteiger partial charge in [-0.05, 0) is 48.2 Å². The number of hydrazone groups is 1. The average Bonchev–Trinajstić information content (AvgIpc) is 3.26. The van der Waals surface area contributed by atoms with E-state index in [1.165, 1.54) is 12.1 Å². The number of hydrogen-bond donors (Lipinski definition) is 1. The van der Waals surface area contributed by atoms with Gasteiger partial charge >= 0.3 is 0 Å². The Hall–Kier alpha value is -2.74. The second-order valence-electron chi connectivity index (χ2n) is 8.50. The third kappa shape index (κ3) is 4.03. The summed E-state index contributed by atoms with van der Waals surface area (Å²) in [6, 6.07) is 14.6. The van der Waals surface area contributed by atoms with Crippen LogP contribution in [0, 0.1) is 11.7 Å². The van der Waals surface area contributed by atoms with E-state index < -0.39 is 0 Å². The Balaban J connectivity index is 1.36. The molecule has 2 heterocycles. The van der Waals surface area contributed by atoms with E-state index >= 15 is 0 Å². The first-order valence-electron chi connectivity index (χ1n) is 11.1. The zero-order valence-corrected chi connectivity index (χ0v) is 18.9. The van der Waals surface area contributed by atoms with Crippen LogP contribution in [0.15, 0.2) is 53.6 Å². The van der Waals surface area contributed by atoms with Crippen molar-refractivity contribution in [3.63, 3.8) is 0 Å². The third-order valence-corrected chi connectivity index (χ3v) is 7.55. The molecule has 168 valence electrons. The number of carbonyl (C=O) groups excluding carboxylic acids is 1. The van der Waals surface area contributed by atoms with Crippen molar-refractivity contribution in [3.8, 4) is 5.75 Å². The summed E-state index contributed by atoms with van der Waals surface area (Å²) in [7, 11) is 1.67. The molecule has 3 aliphatic rings. The number of nitrogens with one attached hydrogen (secondary N) is 1. The number of thioether (sulfide) groups is 1. The zero-order valence-electron chi connectivity index (χ0n) is 18.0. The number of benzene rings is 2. The highest BCUT2D eigenvalue weighted by Gasteiger charge is 2.50. The standard InChI is InChI=1S/C24H27FN4O2S/c1-31-19-6-4-5-17(13-19)15-32-24-27-26-23-28(14-16-9-11-18(25)12-10-16)22(30)20-7-2-3-8-21(20)29(23)24/h4-6,9-13,20-21,23,26H,2-3,7-8,14-15H2,1H3. The summed E-state index contributed by atoms with van der Waals surface area (Å²) in [6.07, 6.45) is 3.80. The minimum Gasteiger partial charge on any atom is -0.497 e. The van der Waals surface area contributed by atoms with E-state index in [4.69, 9.17) is 4.74 Å². The van der Waals surface area contributed by atoms with Gasteiger partial charge in [-0.25, -0.2) is 4.39 Å². The summed E-state index contributed by atoms with van der Waals surface area (Å²) >= 11 is 1.68. The summed E-state index contributed by atoms with van der Waals surface area (Å²) < 4.78 is 18.7. The zero-order chi connectivity index (χ0) is 22.1. The smallest absolute Gasteiger partial charge is 0.231 e. The SMILES string of the molecule is COc1cccc(CSC2=NNC3N(Cc4ccc(F)cc4)C(=O)C4CCCCC4N23)c1. The Kier molecular flexibility index (Phi) is 5.95. The van der Waals surface area contributed by atoms with Gasteiger partial charge in [0.25, 0.3) is 0 Å². The minimum atomic E-state index is -0.306. The Morgan fingerprint density at radius 1 is 1.16 bits per heavy atom. The number of amidine groups is 1. The molecule has 2 aromatic rings. The van der Waals surface area contributed by atoms with Crippen molar-refractivity contribution in [2.24, 2.45) is 11.0 Å². The number of carbonyl (C=O) groups is 1. The maximum absolute atomic E-state index is 13.4. The van der Waals surface area contributed by atoms with Crippen LogP contribution in [0.5, 0.6) is 5.75 Å². The van der Waals surface area contributed by atoms with Crippen LogP contribution in [0.3, 0.4) is 0 Å². The van der Waals surface area contributed by atoms with Gasteiger partial charge in [0.05, 0.1) is 13.0 Å². The Bertz CT molecular complexity index is 1020. The first kappa shape index (κ1) is 21.1. The van der Waals surface area contributed by atoms with Crippen LogP contribution in [0.1, 0.15) is 36.8 Å². The molecule has 5 rings (SSSR count). The number of halogens is 1. The molecule has 0 radical (unpaired) electrons. The molecule has 0 bridgehead atoms. The minimum absolute atomic E-state index is 0.0250. The summed E-state index contributed by atoms with van der Waals surface area (Å²) in [5.41, 5.74) is 5.29. The van der Waals surface area contributed by atoms with Crippen molar-refractivity contribution in [3.05, 3.63) is 65.5 Å². The van der Waals surface area contributed by atoms with Crippen LogP contribution in [0.25, 0.3) is 0 Å². The highest BCUT2D eigenvalue weighted by atomic mass is 32.2. The van der Waals surface area contributed by atoms with Gasteiger partial charge < -0.3 is 9.64 Å². The highest BCUT2D eigenvalue weighted by Crippen LogP contribution is 2.39.